The quantitative estimate of drug-likeness (QED) is 0.920. The second-order valence-electron chi connectivity index (χ2n) is 3.26. The van der Waals surface area contributed by atoms with Crippen molar-refractivity contribution in [2.24, 2.45) is 0 Å². The highest BCUT2D eigenvalue weighted by atomic mass is 79.9. The van der Waals surface area contributed by atoms with Crippen LogP contribution in [0.15, 0.2) is 41.0 Å². The summed E-state index contributed by atoms with van der Waals surface area (Å²) in [6, 6.07) is 9.84. The molecule has 0 saturated carbocycles. The van der Waals surface area contributed by atoms with E-state index in [1.807, 2.05) is 6.07 Å². The van der Waals surface area contributed by atoms with Gasteiger partial charge in [0.15, 0.2) is 5.69 Å². The Kier molecular flexibility index (Phi) is 3.35. The Morgan fingerprint density at radius 1 is 1.29 bits per heavy atom. The van der Waals surface area contributed by atoms with Crippen LogP contribution in [0.1, 0.15) is 5.69 Å². The van der Waals surface area contributed by atoms with E-state index in [0.29, 0.717) is 11.4 Å². The van der Waals surface area contributed by atoms with Gasteiger partial charge in [-0.2, -0.15) is 5.26 Å². The standard InChI is InChI=1S/C12H7BrFN3/c13-8-3-4-9(14)11(6-8)17-10-2-1-5-16-12(10)7-15/h1-6,17H. The highest BCUT2D eigenvalue weighted by Gasteiger charge is 2.06. The number of hydrogen-bond donors (Lipinski definition) is 1. The van der Waals surface area contributed by atoms with E-state index in [2.05, 4.69) is 26.2 Å². The number of aromatic nitrogens is 1. The summed E-state index contributed by atoms with van der Waals surface area (Å²) in [7, 11) is 0. The molecule has 0 atom stereocenters. The van der Waals surface area contributed by atoms with Crippen LogP contribution in [-0.4, -0.2) is 4.98 Å². The Labute approximate surface area is 106 Å². The number of anilines is 2. The van der Waals surface area contributed by atoms with Crippen LogP contribution >= 0.6 is 15.9 Å². The first kappa shape index (κ1) is 11.6. The Balaban J connectivity index is 2.38. The lowest BCUT2D eigenvalue weighted by atomic mass is 10.2. The summed E-state index contributed by atoms with van der Waals surface area (Å²) in [5.74, 6) is -0.388. The van der Waals surface area contributed by atoms with Crippen molar-refractivity contribution < 1.29 is 4.39 Å². The third-order valence-electron chi connectivity index (χ3n) is 2.11. The molecule has 17 heavy (non-hydrogen) atoms. The van der Waals surface area contributed by atoms with Gasteiger partial charge in [-0.1, -0.05) is 15.9 Å². The summed E-state index contributed by atoms with van der Waals surface area (Å²) in [5.41, 5.74) is 1.00. The minimum absolute atomic E-state index is 0.229. The van der Waals surface area contributed by atoms with Crippen molar-refractivity contribution in [1.29, 1.82) is 5.26 Å². The van der Waals surface area contributed by atoms with Gasteiger partial charge in [0, 0.05) is 10.7 Å². The van der Waals surface area contributed by atoms with Crippen LogP contribution in [0.4, 0.5) is 15.8 Å². The molecule has 0 radical (unpaired) electrons. The molecule has 1 aromatic carbocycles. The Morgan fingerprint density at radius 3 is 2.88 bits per heavy atom. The van der Waals surface area contributed by atoms with Crippen LogP contribution in [-0.2, 0) is 0 Å². The number of halogens is 2. The maximum Gasteiger partial charge on any atom is 0.163 e. The predicted octanol–water partition coefficient (Wildman–Crippen LogP) is 3.60. The van der Waals surface area contributed by atoms with Crippen molar-refractivity contribution in [3.05, 3.63) is 52.5 Å². The maximum atomic E-state index is 13.5. The van der Waals surface area contributed by atoms with E-state index in [9.17, 15) is 4.39 Å². The van der Waals surface area contributed by atoms with Crippen molar-refractivity contribution in [2.75, 3.05) is 5.32 Å². The normalized spacial score (nSPS) is 9.71. The van der Waals surface area contributed by atoms with E-state index < -0.39 is 0 Å². The molecule has 2 rings (SSSR count). The summed E-state index contributed by atoms with van der Waals surface area (Å²) in [4.78, 5) is 3.89. The molecular formula is C12H7BrFN3. The number of nitrogens with zero attached hydrogens (tertiary/aromatic N) is 2. The third-order valence-corrected chi connectivity index (χ3v) is 2.60. The van der Waals surface area contributed by atoms with Gasteiger partial charge in [0.05, 0.1) is 11.4 Å². The summed E-state index contributed by atoms with van der Waals surface area (Å²) < 4.78 is 14.3. The van der Waals surface area contributed by atoms with Gasteiger partial charge in [0.1, 0.15) is 11.9 Å². The average molecular weight is 292 g/mol. The van der Waals surface area contributed by atoms with Gasteiger partial charge in [-0.3, -0.25) is 0 Å². The van der Waals surface area contributed by atoms with Crippen molar-refractivity contribution in [2.45, 2.75) is 0 Å². The molecule has 3 nitrogen and oxygen atoms in total. The Hall–Kier alpha value is -1.93. The topological polar surface area (TPSA) is 48.7 Å². The van der Waals surface area contributed by atoms with Crippen molar-refractivity contribution in [1.82, 2.24) is 4.98 Å². The molecule has 1 heterocycles. The zero-order valence-electron chi connectivity index (χ0n) is 8.61. The lowest BCUT2D eigenvalue weighted by Gasteiger charge is -2.08. The molecule has 0 bridgehead atoms. The summed E-state index contributed by atoms with van der Waals surface area (Å²) in [6.45, 7) is 0. The Bertz CT molecular complexity index is 593. The van der Waals surface area contributed by atoms with Crippen molar-refractivity contribution in [3.63, 3.8) is 0 Å². The number of nitrogens with one attached hydrogen (secondary N) is 1. The first-order valence-corrected chi connectivity index (χ1v) is 5.57. The summed E-state index contributed by atoms with van der Waals surface area (Å²) in [5, 5.41) is 11.7. The molecule has 84 valence electrons. The van der Waals surface area contributed by atoms with Crippen LogP contribution < -0.4 is 5.32 Å². The number of nitriles is 1. The lowest BCUT2D eigenvalue weighted by Crippen LogP contribution is -1.97. The molecule has 5 heteroatoms. The van der Waals surface area contributed by atoms with E-state index in [-0.39, 0.29) is 11.5 Å². The molecule has 0 aliphatic carbocycles. The monoisotopic (exact) mass is 291 g/mol. The van der Waals surface area contributed by atoms with E-state index in [1.165, 1.54) is 12.3 Å². The molecule has 1 aromatic heterocycles. The van der Waals surface area contributed by atoms with Gasteiger partial charge in [-0.05, 0) is 30.3 Å². The lowest BCUT2D eigenvalue weighted by molar-refractivity contribution is 0.631. The van der Waals surface area contributed by atoms with Crippen molar-refractivity contribution in [3.8, 4) is 6.07 Å². The maximum absolute atomic E-state index is 13.5. The zero-order chi connectivity index (χ0) is 12.3. The molecule has 1 N–H and O–H groups in total. The minimum Gasteiger partial charge on any atom is -0.351 e. The van der Waals surface area contributed by atoms with Gasteiger partial charge in [0.2, 0.25) is 0 Å². The van der Waals surface area contributed by atoms with Crippen molar-refractivity contribution >= 4 is 27.3 Å². The highest BCUT2D eigenvalue weighted by Crippen LogP contribution is 2.24. The van der Waals surface area contributed by atoms with Gasteiger partial charge >= 0.3 is 0 Å². The first-order valence-electron chi connectivity index (χ1n) is 4.78. The highest BCUT2D eigenvalue weighted by molar-refractivity contribution is 9.10. The fourth-order valence-corrected chi connectivity index (χ4v) is 1.69. The molecule has 0 aliphatic rings. The molecule has 2 aromatic rings. The van der Waals surface area contributed by atoms with E-state index in [1.54, 1.807) is 24.3 Å². The van der Waals surface area contributed by atoms with Gasteiger partial charge < -0.3 is 5.32 Å². The molecule has 0 saturated heterocycles. The van der Waals surface area contributed by atoms with E-state index in [4.69, 9.17) is 5.26 Å². The molecule has 0 amide bonds. The average Bonchev–Trinajstić information content (AvgIpc) is 2.34. The Morgan fingerprint density at radius 2 is 2.12 bits per heavy atom. The number of benzene rings is 1. The number of pyridine rings is 1. The molecule has 0 unspecified atom stereocenters. The van der Waals surface area contributed by atoms with Crippen LogP contribution in [0.3, 0.4) is 0 Å². The second-order valence-corrected chi connectivity index (χ2v) is 4.18. The number of hydrogen-bond acceptors (Lipinski definition) is 3. The molecule has 0 spiro atoms. The van der Waals surface area contributed by atoms with E-state index in [0.717, 1.165) is 4.47 Å². The van der Waals surface area contributed by atoms with Crippen LogP contribution in [0.25, 0.3) is 0 Å². The first-order chi connectivity index (χ1) is 8.20. The fourth-order valence-electron chi connectivity index (χ4n) is 1.33. The van der Waals surface area contributed by atoms with Gasteiger partial charge in [0.25, 0.3) is 0 Å². The fraction of sp³-hybridized carbons (Fsp3) is 0. The largest absolute Gasteiger partial charge is 0.351 e. The number of rotatable bonds is 2. The summed E-state index contributed by atoms with van der Waals surface area (Å²) in [6.07, 6.45) is 1.51. The SMILES string of the molecule is N#Cc1ncccc1Nc1cc(Br)ccc1F. The van der Waals surface area contributed by atoms with Gasteiger partial charge in [-0.25, -0.2) is 9.37 Å². The second kappa shape index (κ2) is 4.93. The van der Waals surface area contributed by atoms with E-state index >= 15 is 0 Å². The van der Waals surface area contributed by atoms with Crippen LogP contribution in [0.5, 0.6) is 0 Å². The molecule has 0 aliphatic heterocycles. The summed E-state index contributed by atoms with van der Waals surface area (Å²) >= 11 is 3.26. The van der Waals surface area contributed by atoms with Crippen LogP contribution in [0, 0.1) is 17.1 Å². The third kappa shape index (κ3) is 2.60. The minimum atomic E-state index is -0.388. The predicted molar refractivity (Wildman–Crippen MR) is 66.3 cm³/mol. The van der Waals surface area contributed by atoms with Crippen LogP contribution in [0.2, 0.25) is 0 Å². The molecule has 0 fully saturated rings. The zero-order valence-corrected chi connectivity index (χ0v) is 10.2. The van der Waals surface area contributed by atoms with Gasteiger partial charge in [-0.15, -0.1) is 0 Å². The smallest absolute Gasteiger partial charge is 0.163 e. The molecular weight excluding hydrogens is 285 g/mol.